The van der Waals surface area contributed by atoms with Crippen molar-refractivity contribution in [2.24, 2.45) is 5.14 Å². The van der Waals surface area contributed by atoms with Crippen molar-refractivity contribution >= 4 is 26.7 Å². The minimum absolute atomic E-state index is 0.0369. The first-order chi connectivity index (χ1) is 18.1. The summed E-state index contributed by atoms with van der Waals surface area (Å²) >= 11 is 0. The minimum Gasteiger partial charge on any atom is -0.353 e. The highest BCUT2D eigenvalue weighted by atomic mass is 32.2. The molecular formula is C26H19F3N6O2S. The topological polar surface area (TPSA) is 124 Å². The van der Waals surface area contributed by atoms with E-state index in [1.54, 1.807) is 18.2 Å². The molecule has 0 saturated heterocycles. The van der Waals surface area contributed by atoms with Gasteiger partial charge < -0.3 is 5.32 Å². The average molecular weight is 537 g/mol. The first-order valence-corrected chi connectivity index (χ1v) is 12.7. The molecule has 38 heavy (non-hydrogen) atoms. The molecule has 1 atom stereocenters. The van der Waals surface area contributed by atoms with Gasteiger partial charge in [0.25, 0.3) is 0 Å². The summed E-state index contributed by atoms with van der Waals surface area (Å²) in [5.41, 5.74) is 1.60. The zero-order valence-electron chi connectivity index (χ0n) is 19.5. The molecular weight excluding hydrogens is 517 g/mol. The predicted octanol–water partition coefficient (Wildman–Crippen LogP) is 5.12. The fourth-order valence-corrected chi connectivity index (χ4v) is 4.48. The molecule has 0 aliphatic carbocycles. The van der Waals surface area contributed by atoms with Gasteiger partial charge >= 0.3 is 6.18 Å². The van der Waals surface area contributed by atoms with Crippen LogP contribution in [-0.2, 0) is 10.0 Å². The maximum Gasteiger partial charge on any atom is 0.414 e. The number of benzene rings is 2. The zero-order chi connectivity index (χ0) is 26.9. The van der Waals surface area contributed by atoms with Crippen molar-refractivity contribution in [1.82, 2.24) is 19.9 Å². The maximum absolute atomic E-state index is 14.3. The molecule has 5 rings (SSSR count). The van der Waals surface area contributed by atoms with Crippen LogP contribution < -0.4 is 10.5 Å². The summed E-state index contributed by atoms with van der Waals surface area (Å²) in [6, 6.07) is 17.5. The average Bonchev–Trinajstić information content (AvgIpc) is 2.91. The third kappa shape index (κ3) is 5.17. The molecule has 2 aromatic carbocycles. The smallest absolute Gasteiger partial charge is 0.353 e. The highest BCUT2D eigenvalue weighted by Gasteiger charge is 2.42. The van der Waals surface area contributed by atoms with E-state index in [1.807, 2.05) is 30.3 Å². The Labute approximate surface area is 215 Å². The Morgan fingerprint density at radius 3 is 2.32 bits per heavy atom. The molecule has 0 aliphatic rings. The number of pyridine rings is 2. The second-order valence-electron chi connectivity index (χ2n) is 8.29. The summed E-state index contributed by atoms with van der Waals surface area (Å²) in [6.45, 7) is 0. The summed E-state index contributed by atoms with van der Waals surface area (Å²) in [4.78, 5) is 16.5. The van der Waals surface area contributed by atoms with E-state index in [0.717, 1.165) is 11.8 Å². The summed E-state index contributed by atoms with van der Waals surface area (Å²) in [7, 11) is -4.09. The van der Waals surface area contributed by atoms with Gasteiger partial charge in [-0.1, -0.05) is 48.5 Å². The van der Waals surface area contributed by atoms with Gasteiger partial charge in [-0.2, -0.15) is 13.2 Å². The van der Waals surface area contributed by atoms with Crippen molar-refractivity contribution < 1.29 is 21.6 Å². The van der Waals surface area contributed by atoms with Crippen molar-refractivity contribution in [3.63, 3.8) is 0 Å². The Morgan fingerprint density at radius 1 is 0.868 bits per heavy atom. The molecule has 0 aliphatic heterocycles. The van der Waals surface area contributed by atoms with Crippen LogP contribution in [0.2, 0.25) is 0 Å². The predicted molar refractivity (Wildman–Crippen MR) is 136 cm³/mol. The Hall–Kier alpha value is -4.42. The molecule has 12 heteroatoms. The van der Waals surface area contributed by atoms with Gasteiger partial charge in [-0.25, -0.2) is 23.5 Å². The largest absolute Gasteiger partial charge is 0.414 e. The fourth-order valence-electron chi connectivity index (χ4n) is 3.98. The Morgan fingerprint density at radius 2 is 1.63 bits per heavy atom. The molecule has 0 saturated carbocycles. The van der Waals surface area contributed by atoms with Crippen LogP contribution in [0.4, 0.5) is 19.0 Å². The maximum atomic E-state index is 14.3. The van der Waals surface area contributed by atoms with E-state index < -0.39 is 22.2 Å². The molecule has 8 nitrogen and oxygen atoms in total. The van der Waals surface area contributed by atoms with Gasteiger partial charge in [0.05, 0.1) is 16.6 Å². The van der Waals surface area contributed by atoms with Gasteiger partial charge in [-0.15, -0.1) is 0 Å². The molecule has 0 spiro atoms. The van der Waals surface area contributed by atoms with Crippen LogP contribution in [0.1, 0.15) is 11.7 Å². The molecule has 3 N–H and O–H groups in total. The lowest BCUT2D eigenvalue weighted by atomic mass is 10.00. The molecule has 0 bridgehead atoms. The molecule has 3 heterocycles. The van der Waals surface area contributed by atoms with E-state index in [0.29, 0.717) is 16.5 Å². The third-order valence-corrected chi connectivity index (χ3v) is 6.58. The molecule has 1 unspecified atom stereocenters. The molecule has 0 radical (unpaired) electrons. The number of anilines is 1. The van der Waals surface area contributed by atoms with Crippen molar-refractivity contribution in [3.05, 3.63) is 97.1 Å². The lowest BCUT2D eigenvalue weighted by Gasteiger charge is -2.23. The fraction of sp³-hybridized carbons (Fsp3) is 0.0769. The number of sulfonamides is 1. The third-order valence-electron chi connectivity index (χ3n) is 5.70. The Balaban J connectivity index is 1.77. The number of hydrogen-bond donors (Lipinski definition) is 2. The molecule has 192 valence electrons. The van der Waals surface area contributed by atoms with Crippen LogP contribution >= 0.6 is 0 Å². The molecule has 0 amide bonds. The number of aromatic nitrogens is 4. The van der Waals surface area contributed by atoms with Gasteiger partial charge in [0.15, 0.2) is 11.9 Å². The van der Waals surface area contributed by atoms with Crippen LogP contribution in [0.25, 0.3) is 33.4 Å². The first kappa shape index (κ1) is 25.2. The zero-order valence-corrected chi connectivity index (χ0v) is 20.3. The van der Waals surface area contributed by atoms with Crippen LogP contribution in [0, 0.1) is 0 Å². The number of nitrogens with zero attached hydrogens (tertiary/aromatic N) is 4. The number of alkyl halides is 3. The van der Waals surface area contributed by atoms with Crippen LogP contribution in [0.3, 0.4) is 0 Å². The normalized spacial score (nSPS) is 12.8. The van der Waals surface area contributed by atoms with E-state index in [1.165, 1.54) is 36.7 Å². The second-order valence-corrected chi connectivity index (χ2v) is 9.85. The monoisotopic (exact) mass is 536 g/mol. The van der Waals surface area contributed by atoms with Crippen molar-refractivity contribution in [1.29, 1.82) is 0 Å². The van der Waals surface area contributed by atoms with Gasteiger partial charge in [-0.05, 0) is 35.4 Å². The molecule has 5 aromatic rings. The van der Waals surface area contributed by atoms with E-state index in [2.05, 4.69) is 25.3 Å². The van der Waals surface area contributed by atoms with Crippen molar-refractivity contribution in [3.8, 4) is 22.5 Å². The van der Waals surface area contributed by atoms with Gasteiger partial charge in [0.1, 0.15) is 10.7 Å². The van der Waals surface area contributed by atoms with Crippen LogP contribution in [0.15, 0.2) is 96.3 Å². The first-order valence-electron chi connectivity index (χ1n) is 11.2. The number of primary sulfonamides is 1. The van der Waals surface area contributed by atoms with Crippen LogP contribution in [-0.4, -0.2) is 34.5 Å². The second kappa shape index (κ2) is 9.80. The van der Waals surface area contributed by atoms with Crippen molar-refractivity contribution in [2.45, 2.75) is 17.1 Å². The lowest BCUT2D eigenvalue weighted by molar-refractivity contribution is -0.144. The van der Waals surface area contributed by atoms with E-state index in [4.69, 9.17) is 5.14 Å². The molecule has 0 fully saturated rings. The van der Waals surface area contributed by atoms with Gasteiger partial charge in [0, 0.05) is 24.2 Å². The quantitative estimate of drug-likeness (QED) is 0.309. The van der Waals surface area contributed by atoms with Crippen LogP contribution in [0.5, 0.6) is 0 Å². The van der Waals surface area contributed by atoms with Gasteiger partial charge in [0.2, 0.25) is 10.0 Å². The number of hydrogen-bond acceptors (Lipinski definition) is 7. The van der Waals surface area contributed by atoms with E-state index in [-0.39, 0.29) is 27.8 Å². The van der Waals surface area contributed by atoms with Gasteiger partial charge in [-0.3, -0.25) is 9.97 Å². The highest BCUT2D eigenvalue weighted by molar-refractivity contribution is 7.89. The Kier molecular flexibility index (Phi) is 6.51. The summed E-state index contributed by atoms with van der Waals surface area (Å²) in [5, 5.41) is 8.13. The number of nitrogens with two attached hydrogens (primary N) is 1. The van der Waals surface area contributed by atoms with E-state index >= 15 is 0 Å². The van der Waals surface area contributed by atoms with Crippen molar-refractivity contribution in [2.75, 3.05) is 5.32 Å². The number of fused-ring (bicyclic) bond motifs is 1. The number of rotatable bonds is 6. The number of halogens is 3. The lowest BCUT2D eigenvalue weighted by Crippen LogP contribution is -2.29. The Bertz CT molecular complexity index is 1720. The molecule has 3 aromatic heterocycles. The minimum atomic E-state index is -4.72. The SMILES string of the molecule is NS(=O)(=O)c1cncc(-c2nc(NC(c3ccccn3)C(F)(F)F)c3c(-c4ccccc4)cccc3n2)c1. The standard InChI is InChI=1S/C26H19F3N6O2S/c27-26(28,29)23(21-10-4-5-12-32-21)34-25-22-19(16-7-2-1-3-8-16)9-6-11-20(22)33-24(35-25)17-13-18(15-31-14-17)38(30,36)37/h1-15,23H,(H2,30,36,37)(H,33,34,35). The number of nitrogens with one attached hydrogen (secondary N) is 1. The summed E-state index contributed by atoms with van der Waals surface area (Å²) < 4.78 is 66.6. The highest BCUT2D eigenvalue weighted by Crippen LogP contribution is 2.39. The summed E-state index contributed by atoms with van der Waals surface area (Å²) in [6.07, 6.45) is -1.07. The van der Waals surface area contributed by atoms with E-state index in [9.17, 15) is 21.6 Å². The summed E-state index contributed by atoms with van der Waals surface area (Å²) in [5.74, 6) is -0.149.